The van der Waals surface area contributed by atoms with Gasteiger partial charge in [-0.2, -0.15) is 22.0 Å². The van der Waals surface area contributed by atoms with Gasteiger partial charge in [-0.3, -0.25) is 0 Å². The van der Waals surface area contributed by atoms with Gasteiger partial charge < -0.3 is 4.52 Å². The predicted octanol–water partition coefficient (Wildman–Crippen LogP) is 2.05. The SMILES string of the molecule is CC1SCCSC1c1noc(CC#N)n1. The van der Waals surface area contributed by atoms with Gasteiger partial charge in [0.1, 0.15) is 6.42 Å². The van der Waals surface area contributed by atoms with Gasteiger partial charge in [0.05, 0.1) is 11.3 Å². The maximum Gasteiger partial charge on any atom is 0.240 e. The van der Waals surface area contributed by atoms with Crippen LogP contribution in [0.3, 0.4) is 0 Å². The number of hydrogen-bond acceptors (Lipinski definition) is 6. The summed E-state index contributed by atoms with van der Waals surface area (Å²) in [5, 5.41) is 13.3. The van der Waals surface area contributed by atoms with E-state index in [0.29, 0.717) is 16.4 Å². The van der Waals surface area contributed by atoms with Crippen molar-refractivity contribution in [1.29, 1.82) is 5.26 Å². The summed E-state index contributed by atoms with van der Waals surface area (Å²) in [5.41, 5.74) is 0. The molecule has 0 aromatic carbocycles. The van der Waals surface area contributed by atoms with Gasteiger partial charge in [-0.25, -0.2) is 0 Å². The van der Waals surface area contributed by atoms with Gasteiger partial charge >= 0.3 is 0 Å². The Hall–Kier alpha value is -0.670. The van der Waals surface area contributed by atoms with Crippen LogP contribution < -0.4 is 0 Å². The fourth-order valence-corrected chi connectivity index (χ4v) is 4.12. The largest absolute Gasteiger partial charge is 0.338 e. The number of rotatable bonds is 2. The summed E-state index contributed by atoms with van der Waals surface area (Å²) in [4.78, 5) is 4.24. The zero-order valence-corrected chi connectivity index (χ0v) is 9.98. The molecule has 1 fully saturated rings. The maximum atomic E-state index is 8.50. The van der Waals surface area contributed by atoms with Crippen molar-refractivity contribution in [3.05, 3.63) is 11.7 Å². The number of thioether (sulfide) groups is 2. The smallest absolute Gasteiger partial charge is 0.240 e. The second-order valence-electron chi connectivity index (χ2n) is 3.25. The summed E-state index contributed by atoms with van der Waals surface area (Å²) in [6, 6.07) is 2.00. The first kappa shape index (κ1) is 10.8. The average Bonchev–Trinajstić information content (AvgIpc) is 2.68. The van der Waals surface area contributed by atoms with Crippen molar-refractivity contribution in [3.63, 3.8) is 0 Å². The molecule has 2 atom stereocenters. The molecule has 15 heavy (non-hydrogen) atoms. The quantitative estimate of drug-likeness (QED) is 0.789. The summed E-state index contributed by atoms with van der Waals surface area (Å²) >= 11 is 3.80. The van der Waals surface area contributed by atoms with E-state index in [0.717, 1.165) is 11.6 Å². The highest BCUT2D eigenvalue weighted by Gasteiger charge is 2.28. The van der Waals surface area contributed by atoms with Crippen LogP contribution in [-0.4, -0.2) is 26.9 Å². The number of aromatic nitrogens is 2. The Bertz CT molecular complexity index is 374. The molecule has 2 rings (SSSR count). The Morgan fingerprint density at radius 1 is 1.53 bits per heavy atom. The van der Waals surface area contributed by atoms with E-state index in [1.165, 1.54) is 5.75 Å². The third kappa shape index (κ3) is 2.47. The molecule has 2 heterocycles. The Morgan fingerprint density at radius 2 is 2.33 bits per heavy atom. The van der Waals surface area contributed by atoms with Crippen molar-refractivity contribution in [3.8, 4) is 6.07 Å². The highest BCUT2D eigenvalue weighted by molar-refractivity contribution is 8.06. The number of nitriles is 1. The molecule has 1 aliphatic rings. The lowest BCUT2D eigenvalue weighted by Gasteiger charge is -2.24. The molecule has 0 radical (unpaired) electrons. The van der Waals surface area contributed by atoms with Crippen molar-refractivity contribution in [1.82, 2.24) is 10.1 Å². The van der Waals surface area contributed by atoms with E-state index in [1.807, 2.05) is 29.6 Å². The molecular formula is C9H11N3OS2. The number of nitrogens with zero attached hydrogens (tertiary/aromatic N) is 3. The van der Waals surface area contributed by atoms with Crippen molar-refractivity contribution in [2.75, 3.05) is 11.5 Å². The lowest BCUT2D eigenvalue weighted by Crippen LogP contribution is -2.16. The molecule has 80 valence electrons. The fraction of sp³-hybridized carbons (Fsp3) is 0.667. The first-order valence-electron chi connectivity index (χ1n) is 4.74. The first-order chi connectivity index (χ1) is 7.31. The Kier molecular flexibility index (Phi) is 3.54. The lowest BCUT2D eigenvalue weighted by atomic mass is 10.3. The third-order valence-corrected chi connectivity index (χ3v) is 5.24. The van der Waals surface area contributed by atoms with E-state index < -0.39 is 0 Å². The van der Waals surface area contributed by atoms with E-state index in [1.54, 1.807) is 0 Å². The normalized spacial score (nSPS) is 26.1. The van der Waals surface area contributed by atoms with Crippen LogP contribution in [0.25, 0.3) is 0 Å². The van der Waals surface area contributed by atoms with Crippen LogP contribution in [0.15, 0.2) is 4.52 Å². The zero-order chi connectivity index (χ0) is 10.7. The zero-order valence-electron chi connectivity index (χ0n) is 8.34. The van der Waals surface area contributed by atoms with Crippen LogP contribution in [-0.2, 0) is 6.42 Å². The summed E-state index contributed by atoms with van der Waals surface area (Å²) in [7, 11) is 0. The molecule has 0 saturated carbocycles. The molecule has 0 spiro atoms. The molecule has 0 N–H and O–H groups in total. The van der Waals surface area contributed by atoms with Crippen LogP contribution >= 0.6 is 23.5 Å². The second kappa shape index (κ2) is 4.90. The molecule has 0 amide bonds. The summed E-state index contributed by atoms with van der Waals surface area (Å²) in [6.07, 6.45) is 0.200. The molecule has 1 aliphatic heterocycles. The molecular weight excluding hydrogens is 230 g/mol. The van der Waals surface area contributed by atoms with Crippen LogP contribution in [0.5, 0.6) is 0 Å². The van der Waals surface area contributed by atoms with Crippen molar-refractivity contribution >= 4 is 23.5 Å². The van der Waals surface area contributed by atoms with Gasteiger partial charge in [0.15, 0.2) is 5.82 Å². The Labute approximate surface area is 96.8 Å². The highest BCUT2D eigenvalue weighted by Crippen LogP contribution is 2.40. The maximum absolute atomic E-state index is 8.50. The van der Waals surface area contributed by atoms with Gasteiger partial charge in [-0.1, -0.05) is 12.1 Å². The first-order valence-corrected chi connectivity index (χ1v) is 6.83. The minimum Gasteiger partial charge on any atom is -0.338 e. The van der Waals surface area contributed by atoms with Crippen LogP contribution in [0, 0.1) is 11.3 Å². The van der Waals surface area contributed by atoms with E-state index in [4.69, 9.17) is 9.78 Å². The predicted molar refractivity (Wildman–Crippen MR) is 60.7 cm³/mol. The minimum atomic E-state index is 0.200. The van der Waals surface area contributed by atoms with Gasteiger partial charge in [0.2, 0.25) is 5.89 Å². The molecule has 2 unspecified atom stereocenters. The number of hydrogen-bond donors (Lipinski definition) is 0. The standard InChI is InChI=1S/C9H11N3OS2/c1-6-8(15-5-4-14-6)9-11-7(2-3-10)13-12-9/h6,8H,2,4-5H2,1H3. The van der Waals surface area contributed by atoms with Gasteiger partial charge in [0.25, 0.3) is 0 Å². The highest BCUT2D eigenvalue weighted by atomic mass is 32.2. The summed E-state index contributed by atoms with van der Waals surface area (Å²) in [6.45, 7) is 2.18. The Morgan fingerprint density at radius 3 is 3.07 bits per heavy atom. The molecule has 6 heteroatoms. The van der Waals surface area contributed by atoms with E-state index in [2.05, 4.69) is 17.1 Å². The molecule has 1 saturated heterocycles. The van der Waals surface area contributed by atoms with E-state index in [-0.39, 0.29) is 6.42 Å². The molecule has 1 aromatic rings. The van der Waals surface area contributed by atoms with Gasteiger partial charge in [-0.15, -0.1) is 11.8 Å². The van der Waals surface area contributed by atoms with E-state index in [9.17, 15) is 0 Å². The third-order valence-electron chi connectivity index (χ3n) is 2.16. The van der Waals surface area contributed by atoms with Gasteiger partial charge in [0, 0.05) is 16.8 Å². The van der Waals surface area contributed by atoms with Crippen LogP contribution in [0.2, 0.25) is 0 Å². The molecule has 0 bridgehead atoms. The fourth-order valence-electron chi connectivity index (χ4n) is 1.44. The lowest BCUT2D eigenvalue weighted by molar-refractivity contribution is 0.381. The minimum absolute atomic E-state index is 0.200. The van der Waals surface area contributed by atoms with E-state index >= 15 is 0 Å². The van der Waals surface area contributed by atoms with Crippen LogP contribution in [0.4, 0.5) is 0 Å². The van der Waals surface area contributed by atoms with Gasteiger partial charge in [-0.05, 0) is 0 Å². The van der Waals surface area contributed by atoms with Crippen molar-refractivity contribution in [2.45, 2.75) is 23.8 Å². The van der Waals surface area contributed by atoms with Crippen molar-refractivity contribution in [2.24, 2.45) is 0 Å². The summed E-state index contributed by atoms with van der Waals surface area (Å²) < 4.78 is 5.00. The molecule has 1 aromatic heterocycles. The average molecular weight is 241 g/mol. The molecule has 4 nitrogen and oxygen atoms in total. The monoisotopic (exact) mass is 241 g/mol. The van der Waals surface area contributed by atoms with Crippen LogP contribution in [0.1, 0.15) is 23.9 Å². The second-order valence-corrected chi connectivity index (χ2v) is 5.98. The topological polar surface area (TPSA) is 62.7 Å². The van der Waals surface area contributed by atoms with Crippen molar-refractivity contribution < 1.29 is 4.52 Å². The summed E-state index contributed by atoms with van der Waals surface area (Å²) in [5.74, 6) is 3.48. The molecule has 0 aliphatic carbocycles. The Balaban J connectivity index is 2.10.